The first-order chi connectivity index (χ1) is 13.1. The van der Waals surface area contributed by atoms with E-state index in [0.29, 0.717) is 30.9 Å². The number of halogens is 1. The van der Waals surface area contributed by atoms with Crippen LogP contribution in [0, 0.1) is 12.7 Å². The lowest BCUT2D eigenvalue weighted by molar-refractivity contribution is 0.0948. The minimum atomic E-state index is -0.330. The molecule has 3 rings (SSSR count). The fourth-order valence-electron chi connectivity index (χ4n) is 2.54. The first-order valence-corrected chi connectivity index (χ1v) is 8.75. The van der Waals surface area contributed by atoms with Crippen molar-refractivity contribution in [2.75, 3.05) is 11.9 Å². The molecule has 27 heavy (non-hydrogen) atoms. The van der Waals surface area contributed by atoms with E-state index in [0.717, 1.165) is 5.56 Å². The zero-order valence-electron chi connectivity index (χ0n) is 15.1. The standard InChI is InChI=1S/C21H21FN4O/c1-15-6-8-16(9-7-15)12-25-20-14-24-19(13-26-20)21(27)23-11-10-17-4-2-3-5-18(17)22/h2-9,13-14H,10-12H2,1H3,(H,23,27)(H,25,26). The van der Waals surface area contributed by atoms with Gasteiger partial charge in [0.1, 0.15) is 17.3 Å². The Morgan fingerprint density at radius 3 is 2.52 bits per heavy atom. The zero-order chi connectivity index (χ0) is 19.1. The van der Waals surface area contributed by atoms with Crippen LogP contribution in [0.25, 0.3) is 0 Å². The van der Waals surface area contributed by atoms with Crippen LogP contribution >= 0.6 is 0 Å². The average molecular weight is 364 g/mol. The highest BCUT2D eigenvalue weighted by Gasteiger charge is 2.08. The summed E-state index contributed by atoms with van der Waals surface area (Å²) < 4.78 is 13.6. The Balaban J connectivity index is 1.48. The summed E-state index contributed by atoms with van der Waals surface area (Å²) in [6, 6.07) is 14.7. The van der Waals surface area contributed by atoms with E-state index in [1.807, 2.05) is 19.1 Å². The molecule has 3 aromatic rings. The number of hydrogen-bond donors (Lipinski definition) is 2. The molecule has 0 aliphatic heterocycles. The van der Waals surface area contributed by atoms with Gasteiger partial charge in [-0.3, -0.25) is 4.79 Å². The summed E-state index contributed by atoms with van der Waals surface area (Å²) in [5.74, 6) is -0.00190. The van der Waals surface area contributed by atoms with Gasteiger partial charge in [-0.2, -0.15) is 0 Å². The highest BCUT2D eigenvalue weighted by molar-refractivity contribution is 5.91. The minimum Gasteiger partial charge on any atom is -0.365 e. The van der Waals surface area contributed by atoms with Crippen LogP contribution < -0.4 is 10.6 Å². The van der Waals surface area contributed by atoms with Crippen molar-refractivity contribution < 1.29 is 9.18 Å². The third-order valence-corrected chi connectivity index (χ3v) is 4.12. The Hall–Kier alpha value is -3.28. The number of carbonyl (C=O) groups excluding carboxylic acids is 1. The summed E-state index contributed by atoms with van der Waals surface area (Å²) in [6.45, 7) is 3.00. The van der Waals surface area contributed by atoms with Crippen LogP contribution in [0.3, 0.4) is 0 Å². The zero-order valence-corrected chi connectivity index (χ0v) is 15.1. The van der Waals surface area contributed by atoms with Crippen LogP contribution in [0.4, 0.5) is 10.2 Å². The first-order valence-electron chi connectivity index (χ1n) is 8.75. The normalized spacial score (nSPS) is 10.4. The summed E-state index contributed by atoms with van der Waals surface area (Å²) in [4.78, 5) is 20.5. The molecule has 0 saturated heterocycles. The van der Waals surface area contributed by atoms with E-state index >= 15 is 0 Å². The summed E-state index contributed by atoms with van der Waals surface area (Å²) in [5, 5.41) is 5.90. The average Bonchev–Trinajstić information content (AvgIpc) is 2.69. The number of amides is 1. The molecule has 2 N–H and O–H groups in total. The smallest absolute Gasteiger partial charge is 0.271 e. The molecule has 1 amide bonds. The van der Waals surface area contributed by atoms with Crippen molar-refractivity contribution in [2.24, 2.45) is 0 Å². The second kappa shape index (κ2) is 8.89. The van der Waals surface area contributed by atoms with E-state index < -0.39 is 0 Å². The van der Waals surface area contributed by atoms with Gasteiger partial charge in [0.05, 0.1) is 12.4 Å². The second-order valence-electron chi connectivity index (χ2n) is 6.22. The van der Waals surface area contributed by atoms with Gasteiger partial charge in [-0.25, -0.2) is 14.4 Å². The Kier molecular flexibility index (Phi) is 6.10. The minimum absolute atomic E-state index is 0.226. The van der Waals surface area contributed by atoms with Crippen LogP contribution in [0.15, 0.2) is 60.9 Å². The Morgan fingerprint density at radius 1 is 1.04 bits per heavy atom. The molecule has 1 aromatic heterocycles. The third-order valence-electron chi connectivity index (χ3n) is 4.12. The number of aryl methyl sites for hydroxylation is 1. The van der Waals surface area contributed by atoms with Crippen LogP contribution in [0.5, 0.6) is 0 Å². The number of carbonyl (C=O) groups is 1. The lowest BCUT2D eigenvalue weighted by atomic mass is 10.1. The number of benzene rings is 2. The summed E-state index contributed by atoms with van der Waals surface area (Å²) >= 11 is 0. The summed E-state index contributed by atoms with van der Waals surface area (Å²) in [6.07, 6.45) is 3.37. The molecule has 0 saturated carbocycles. The SMILES string of the molecule is Cc1ccc(CNc2cnc(C(=O)NCCc3ccccc3F)cn2)cc1. The van der Waals surface area contributed by atoms with E-state index in [-0.39, 0.29) is 17.4 Å². The molecule has 6 heteroatoms. The van der Waals surface area contributed by atoms with Crippen molar-refractivity contribution in [1.29, 1.82) is 0 Å². The number of anilines is 1. The summed E-state index contributed by atoms with van der Waals surface area (Å²) in [5.41, 5.74) is 3.14. The van der Waals surface area contributed by atoms with Gasteiger partial charge in [0, 0.05) is 13.1 Å². The molecule has 0 fully saturated rings. The van der Waals surface area contributed by atoms with Crippen molar-refractivity contribution in [3.05, 3.63) is 89.1 Å². The molecule has 0 aliphatic carbocycles. The number of aromatic nitrogens is 2. The Labute approximate surface area is 157 Å². The van der Waals surface area contributed by atoms with Gasteiger partial charge in [-0.05, 0) is 30.5 Å². The molecule has 0 spiro atoms. The van der Waals surface area contributed by atoms with Crippen molar-refractivity contribution in [3.63, 3.8) is 0 Å². The van der Waals surface area contributed by atoms with Crippen molar-refractivity contribution in [2.45, 2.75) is 19.9 Å². The quantitative estimate of drug-likeness (QED) is 0.673. The molecule has 5 nitrogen and oxygen atoms in total. The van der Waals surface area contributed by atoms with Gasteiger partial charge >= 0.3 is 0 Å². The van der Waals surface area contributed by atoms with E-state index in [1.54, 1.807) is 18.2 Å². The molecule has 0 unspecified atom stereocenters. The van der Waals surface area contributed by atoms with Crippen LogP contribution in [-0.2, 0) is 13.0 Å². The lowest BCUT2D eigenvalue weighted by Crippen LogP contribution is -2.27. The lowest BCUT2D eigenvalue weighted by Gasteiger charge is -2.08. The van der Waals surface area contributed by atoms with Crippen LogP contribution in [-0.4, -0.2) is 22.4 Å². The fraction of sp³-hybridized carbons (Fsp3) is 0.190. The van der Waals surface area contributed by atoms with E-state index in [2.05, 4.69) is 32.7 Å². The van der Waals surface area contributed by atoms with E-state index in [9.17, 15) is 9.18 Å². The second-order valence-corrected chi connectivity index (χ2v) is 6.22. The maximum absolute atomic E-state index is 13.6. The largest absolute Gasteiger partial charge is 0.365 e. The highest BCUT2D eigenvalue weighted by atomic mass is 19.1. The van der Waals surface area contributed by atoms with Crippen molar-refractivity contribution in [1.82, 2.24) is 15.3 Å². The Morgan fingerprint density at radius 2 is 1.81 bits per heavy atom. The predicted molar refractivity (Wildman–Crippen MR) is 103 cm³/mol. The molecule has 0 radical (unpaired) electrons. The maximum atomic E-state index is 13.6. The van der Waals surface area contributed by atoms with Crippen LogP contribution in [0.2, 0.25) is 0 Å². The topological polar surface area (TPSA) is 66.9 Å². The molecule has 2 aromatic carbocycles. The molecular weight excluding hydrogens is 343 g/mol. The third kappa shape index (κ3) is 5.34. The number of nitrogens with zero attached hydrogens (tertiary/aromatic N) is 2. The van der Waals surface area contributed by atoms with E-state index in [4.69, 9.17) is 0 Å². The predicted octanol–water partition coefficient (Wildman–Crippen LogP) is 3.51. The van der Waals surface area contributed by atoms with Gasteiger partial charge in [0.2, 0.25) is 0 Å². The molecular formula is C21H21FN4O. The van der Waals surface area contributed by atoms with Gasteiger partial charge in [0.25, 0.3) is 5.91 Å². The number of hydrogen-bond acceptors (Lipinski definition) is 4. The Bertz CT molecular complexity index is 895. The number of rotatable bonds is 7. The maximum Gasteiger partial charge on any atom is 0.271 e. The molecule has 0 atom stereocenters. The van der Waals surface area contributed by atoms with Crippen molar-refractivity contribution in [3.8, 4) is 0 Å². The molecule has 138 valence electrons. The van der Waals surface area contributed by atoms with Gasteiger partial charge in [-0.15, -0.1) is 0 Å². The summed E-state index contributed by atoms with van der Waals surface area (Å²) in [7, 11) is 0. The van der Waals surface area contributed by atoms with Crippen molar-refractivity contribution >= 4 is 11.7 Å². The first kappa shape index (κ1) is 18.5. The van der Waals surface area contributed by atoms with Gasteiger partial charge in [-0.1, -0.05) is 48.0 Å². The van der Waals surface area contributed by atoms with E-state index in [1.165, 1.54) is 24.0 Å². The number of nitrogens with one attached hydrogen (secondary N) is 2. The van der Waals surface area contributed by atoms with Crippen LogP contribution in [0.1, 0.15) is 27.2 Å². The van der Waals surface area contributed by atoms with Gasteiger partial charge in [0.15, 0.2) is 0 Å². The monoisotopic (exact) mass is 364 g/mol. The fourth-order valence-corrected chi connectivity index (χ4v) is 2.54. The molecule has 1 heterocycles. The van der Waals surface area contributed by atoms with Gasteiger partial charge < -0.3 is 10.6 Å². The highest BCUT2D eigenvalue weighted by Crippen LogP contribution is 2.08. The molecule has 0 bridgehead atoms. The molecule has 0 aliphatic rings.